The summed E-state index contributed by atoms with van der Waals surface area (Å²) in [4.78, 5) is 4.66. The fraction of sp³-hybridized carbons (Fsp3) is 0.231. The van der Waals surface area contributed by atoms with Gasteiger partial charge in [-0.1, -0.05) is 11.6 Å². The smallest absolute Gasteiger partial charge is 0.160 e. The molecule has 4 nitrogen and oxygen atoms in total. The summed E-state index contributed by atoms with van der Waals surface area (Å²) in [6, 6.07) is 3.69. The maximum Gasteiger partial charge on any atom is 0.160 e. The summed E-state index contributed by atoms with van der Waals surface area (Å²) in [5, 5.41) is 4.87. The van der Waals surface area contributed by atoms with E-state index in [1.165, 1.54) is 18.4 Å². The number of halogens is 1. The topological polar surface area (TPSA) is 43.3 Å². The lowest BCUT2D eigenvalue weighted by molar-refractivity contribution is 0.568. The Balaban J connectivity index is 1.98. The van der Waals surface area contributed by atoms with Gasteiger partial charge in [0.2, 0.25) is 0 Å². The van der Waals surface area contributed by atoms with Crippen LogP contribution in [-0.4, -0.2) is 14.6 Å². The van der Waals surface area contributed by atoms with Gasteiger partial charge in [-0.2, -0.15) is 5.10 Å². The summed E-state index contributed by atoms with van der Waals surface area (Å²) in [6.45, 7) is 0. The number of furan rings is 1. The lowest BCUT2D eigenvalue weighted by Crippen LogP contribution is -1.95. The van der Waals surface area contributed by atoms with Crippen molar-refractivity contribution in [2.24, 2.45) is 0 Å². The third-order valence-corrected chi connectivity index (χ3v) is 3.56. The van der Waals surface area contributed by atoms with Crippen LogP contribution in [0.4, 0.5) is 0 Å². The second-order valence-electron chi connectivity index (χ2n) is 4.59. The van der Waals surface area contributed by atoms with Crippen LogP contribution < -0.4 is 0 Å². The van der Waals surface area contributed by atoms with Gasteiger partial charge in [-0.05, 0) is 24.8 Å². The fourth-order valence-corrected chi connectivity index (χ4v) is 2.41. The van der Waals surface area contributed by atoms with Crippen LogP contribution in [0.25, 0.3) is 16.9 Å². The van der Waals surface area contributed by atoms with E-state index in [0.29, 0.717) is 11.1 Å². The van der Waals surface area contributed by atoms with E-state index in [1.807, 2.05) is 18.3 Å². The van der Waals surface area contributed by atoms with Crippen LogP contribution in [0.1, 0.15) is 24.3 Å². The van der Waals surface area contributed by atoms with Crippen LogP contribution in [0.3, 0.4) is 0 Å². The van der Waals surface area contributed by atoms with Crippen molar-refractivity contribution in [3.05, 3.63) is 41.6 Å². The highest BCUT2D eigenvalue weighted by atomic mass is 35.5. The highest BCUT2D eigenvalue weighted by molar-refractivity contribution is 6.30. The Morgan fingerprint density at radius 2 is 2.28 bits per heavy atom. The molecule has 0 spiro atoms. The van der Waals surface area contributed by atoms with Crippen molar-refractivity contribution in [1.82, 2.24) is 14.6 Å². The average molecular weight is 260 g/mol. The number of rotatable bonds is 2. The first kappa shape index (κ1) is 10.1. The normalized spacial score (nSPS) is 15.4. The molecule has 5 heteroatoms. The summed E-state index contributed by atoms with van der Waals surface area (Å²) < 4.78 is 6.78. The monoisotopic (exact) mass is 259 g/mol. The van der Waals surface area contributed by atoms with Gasteiger partial charge in [0.25, 0.3) is 0 Å². The van der Waals surface area contributed by atoms with E-state index < -0.39 is 0 Å². The van der Waals surface area contributed by atoms with E-state index in [1.54, 1.807) is 17.0 Å². The molecule has 0 atom stereocenters. The molecule has 1 aliphatic carbocycles. The Kier molecular flexibility index (Phi) is 2.02. The van der Waals surface area contributed by atoms with Gasteiger partial charge < -0.3 is 4.42 Å². The van der Waals surface area contributed by atoms with Gasteiger partial charge in [0.05, 0.1) is 24.4 Å². The number of hydrogen-bond acceptors (Lipinski definition) is 3. The molecule has 18 heavy (non-hydrogen) atoms. The Morgan fingerprint density at radius 3 is 3.00 bits per heavy atom. The highest BCUT2D eigenvalue weighted by Gasteiger charge is 2.28. The van der Waals surface area contributed by atoms with E-state index in [-0.39, 0.29) is 0 Å². The third kappa shape index (κ3) is 1.46. The van der Waals surface area contributed by atoms with Gasteiger partial charge >= 0.3 is 0 Å². The van der Waals surface area contributed by atoms with Crippen molar-refractivity contribution in [3.8, 4) is 11.3 Å². The molecular formula is C13H10ClN3O. The first-order chi connectivity index (χ1) is 8.83. The molecule has 3 aromatic rings. The minimum atomic E-state index is 0.572. The van der Waals surface area contributed by atoms with Crippen LogP contribution >= 0.6 is 11.6 Å². The third-order valence-electron chi connectivity index (χ3n) is 3.29. The van der Waals surface area contributed by atoms with Crippen LogP contribution in [0.15, 0.2) is 35.3 Å². The molecule has 0 radical (unpaired) electrons. The molecule has 0 saturated heterocycles. The van der Waals surface area contributed by atoms with Gasteiger partial charge in [-0.25, -0.2) is 9.50 Å². The van der Waals surface area contributed by atoms with Crippen LogP contribution in [0, 0.1) is 0 Å². The van der Waals surface area contributed by atoms with E-state index in [2.05, 4.69) is 10.1 Å². The Bertz CT molecular complexity index is 713. The molecular weight excluding hydrogens is 250 g/mol. The summed E-state index contributed by atoms with van der Waals surface area (Å²) in [5.74, 6) is 0.602. The standard InChI is InChI=1S/C13H10ClN3O/c14-12-5-11(9-3-4-18-7-9)16-13-10(8-1-2-8)6-15-17(12)13/h3-8H,1-2H2. The van der Waals surface area contributed by atoms with Gasteiger partial charge in [0.15, 0.2) is 5.65 Å². The predicted octanol–water partition coefficient (Wildman–Crippen LogP) is 3.52. The van der Waals surface area contributed by atoms with Crippen molar-refractivity contribution in [3.63, 3.8) is 0 Å². The second kappa shape index (κ2) is 3.59. The SMILES string of the molecule is Clc1cc(-c2ccoc2)nc2c(C3CC3)cnn12. The van der Waals surface area contributed by atoms with Crippen molar-refractivity contribution in [2.45, 2.75) is 18.8 Å². The van der Waals surface area contributed by atoms with Crippen LogP contribution in [-0.2, 0) is 0 Å². The van der Waals surface area contributed by atoms with Crippen LogP contribution in [0.5, 0.6) is 0 Å². The molecule has 0 aromatic carbocycles. The summed E-state index contributed by atoms with van der Waals surface area (Å²) >= 11 is 6.25. The van der Waals surface area contributed by atoms with Crippen molar-refractivity contribution in [2.75, 3.05) is 0 Å². The van der Waals surface area contributed by atoms with Crippen molar-refractivity contribution in [1.29, 1.82) is 0 Å². The van der Waals surface area contributed by atoms with Crippen molar-refractivity contribution >= 4 is 17.2 Å². The van der Waals surface area contributed by atoms with Crippen molar-refractivity contribution < 1.29 is 4.42 Å². The summed E-state index contributed by atoms with van der Waals surface area (Å²) in [7, 11) is 0. The second-order valence-corrected chi connectivity index (χ2v) is 4.97. The number of fused-ring (bicyclic) bond motifs is 1. The maximum absolute atomic E-state index is 6.25. The highest BCUT2D eigenvalue weighted by Crippen LogP contribution is 2.42. The Labute approximate surface area is 108 Å². The molecule has 90 valence electrons. The molecule has 0 aliphatic heterocycles. The predicted molar refractivity (Wildman–Crippen MR) is 67.7 cm³/mol. The van der Waals surface area contributed by atoms with Gasteiger partial charge in [0, 0.05) is 17.2 Å². The molecule has 0 unspecified atom stereocenters. The summed E-state index contributed by atoms with van der Waals surface area (Å²) in [5.41, 5.74) is 3.81. The Morgan fingerprint density at radius 1 is 1.39 bits per heavy atom. The zero-order chi connectivity index (χ0) is 12.1. The molecule has 4 rings (SSSR count). The fourth-order valence-electron chi connectivity index (χ4n) is 2.18. The minimum Gasteiger partial charge on any atom is -0.472 e. The molecule has 0 amide bonds. The first-order valence-electron chi connectivity index (χ1n) is 5.89. The molecule has 1 aliphatic rings. The molecule has 1 fully saturated rings. The zero-order valence-corrected chi connectivity index (χ0v) is 10.3. The van der Waals surface area contributed by atoms with Gasteiger partial charge in [-0.15, -0.1) is 0 Å². The zero-order valence-electron chi connectivity index (χ0n) is 9.51. The largest absolute Gasteiger partial charge is 0.472 e. The number of hydrogen-bond donors (Lipinski definition) is 0. The maximum atomic E-state index is 6.25. The lowest BCUT2D eigenvalue weighted by atomic mass is 10.2. The molecule has 1 saturated carbocycles. The van der Waals surface area contributed by atoms with Gasteiger partial charge in [0.1, 0.15) is 5.15 Å². The van der Waals surface area contributed by atoms with Crippen LogP contribution in [0.2, 0.25) is 5.15 Å². The molecule has 0 bridgehead atoms. The minimum absolute atomic E-state index is 0.572. The molecule has 0 N–H and O–H groups in total. The molecule has 3 aromatic heterocycles. The van der Waals surface area contributed by atoms with E-state index in [9.17, 15) is 0 Å². The van der Waals surface area contributed by atoms with E-state index in [4.69, 9.17) is 16.0 Å². The first-order valence-corrected chi connectivity index (χ1v) is 6.27. The summed E-state index contributed by atoms with van der Waals surface area (Å²) in [6.07, 6.45) is 7.62. The molecule has 3 heterocycles. The lowest BCUT2D eigenvalue weighted by Gasteiger charge is -2.02. The number of nitrogens with zero attached hydrogens (tertiary/aromatic N) is 3. The van der Waals surface area contributed by atoms with E-state index in [0.717, 1.165) is 16.9 Å². The van der Waals surface area contributed by atoms with E-state index >= 15 is 0 Å². The van der Waals surface area contributed by atoms with Gasteiger partial charge in [-0.3, -0.25) is 0 Å². The number of aromatic nitrogens is 3. The quantitative estimate of drug-likeness (QED) is 0.662. The average Bonchev–Trinajstić information content (AvgIpc) is 2.93. The Hall–Kier alpha value is -1.81.